The third-order valence-electron chi connectivity index (χ3n) is 15.9. The van der Waals surface area contributed by atoms with Crippen LogP contribution in [-0.4, -0.2) is 121 Å². The summed E-state index contributed by atoms with van der Waals surface area (Å²) >= 11 is 0. The molecule has 290 valence electrons. The Bertz CT molecular complexity index is 1420. The molecular weight excluding hydrogens is 664 g/mol. The molecule has 51 heavy (non-hydrogen) atoms. The number of aliphatic hydroxyl groups excluding tert-OH is 7. The van der Waals surface area contributed by atoms with Crippen molar-refractivity contribution < 1.29 is 64.7 Å². The molecule has 4 saturated carbocycles. The van der Waals surface area contributed by atoms with Gasteiger partial charge in [-0.05, 0) is 84.4 Å². The first kappa shape index (κ1) is 39.0. The van der Waals surface area contributed by atoms with Crippen LogP contribution in [0.15, 0.2) is 11.6 Å². The van der Waals surface area contributed by atoms with Crippen molar-refractivity contribution >= 4 is 11.9 Å². The number of allylic oxidation sites excluding steroid dienone is 2. The van der Waals surface area contributed by atoms with E-state index >= 15 is 0 Å². The summed E-state index contributed by atoms with van der Waals surface area (Å²) in [4.78, 5) is 24.4. The Morgan fingerprint density at radius 2 is 1.51 bits per heavy atom. The highest BCUT2D eigenvalue weighted by Crippen LogP contribution is 2.76. The number of esters is 1. The number of rotatable bonds is 6. The molecule has 13 nitrogen and oxygen atoms in total. The summed E-state index contributed by atoms with van der Waals surface area (Å²) in [6.07, 6.45) is -6.13. The van der Waals surface area contributed by atoms with Gasteiger partial charge in [0.05, 0.1) is 36.9 Å². The number of carboxylic acids is 1. The van der Waals surface area contributed by atoms with Crippen LogP contribution in [0.25, 0.3) is 0 Å². The maximum Gasteiger partial charge on any atom is 0.335 e. The van der Waals surface area contributed by atoms with Gasteiger partial charge in [-0.3, -0.25) is 4.79 Å². The van der Waals surface area contributed by atoms with Gasteiger partial charge in [0.1, 0.15) is 24.4 Å². The van der Waals surface area contributed by atoms with E-state index in [1.54, 1.807) is 0 Å². The lowest BCUT2D eigenvalue weighted by atomic mass is 9.33. The van der Waals surface area contributed by atoms with Crippen LogP contribution in [0, 0.1) is 50.2 Å². The van der Waals surface area contributed by atoms with Crippen molar-refractivity contribution in [3.05, 3.63) is 11.6 Å². The maximum atomic E-state index is 12.6. The van der Waals surface area contributed by atoms with Crippen molar-refractivity contribution in [1.82, 2.24) is 0 Å². The highest BCUT2D eigenvalue weighted by Gasteiger charge is 2.73. The topological polar surface area (TPSA) is 224 Å². The van der Waals surface area contributed by atoms with Crippen LogP contribution in [0.5, 0.6) is 0 Å². The highest BCUT2D eigenvalue weighted by molar-refractivity contribution is 5.73. The predicted octanol–water partition coefficient (Wildman–Crippen LogP) is 1.51. The van der Waals surface area contributed by atoms with Gasteiger partial charge in [0, 0.05) is 12.3 Å². The molecule has 1 aliphatic heterocycles. The summed E-state index contributed by atoms with van der Waals surface area (Å²) in [6, 6.07) is 0. The van der Waals surface area contributed by atoms with E-state index in [9.17, 15) is 50.4 Å². The van der Waals surface area contributed by atoms with Gasteiger partial charge in [-0.1, -0.05) is 53.2 Å². The Balaban J connectivity index is 1.36. The number of ether oxygens (including phenoxy) is 3. The van der Waals surface area contributed by atoms with Crippen molar-refractivity contribution in [2.45, 2.75) is 149 Å². The van der Waals surface area contributed by atoms with Gasteiger partial charge in [0.25, 0.3) is 0 Å². The number of fused-ring (bicyclic) bond motifs is 7. The zero-order chi connectivity index (χ0) is 37.9. The Hall–Kier alpha value is -1.68. The molecule has 8 N–H and O–H groups in total. The lowest BCUT2D eigenvalue weighted by Crippen LogP contribution is -2.72. The number of hydrogen-bond donors (Lipinski definition) is 8. The quantitative estimate of drug-likeness (QED) is 0.111. The molecule has 1 saturated heterocycles. The largest absolute Gasteiger partial charge is 0.479 e. The average Bonchev–Trinajstić information content (AvgIpc) is 3.05. The summed E-state index contributed by atoms with van der Waals surface area (Å²) < 4.78 is 17.8. The molecule has 0 aromatic rings. The fourth-order valence-corrected chi connectivity index (χ4v) is 12.8. The minimum absolute atomic E-state index is 0.0631. The Morgan fingerprint density at radius 1 is 0.843 bits per heavy atom. The highest BCUT2D eigenvalue weighted by atomic mass is 16.7. The smallest absolute Gasteiger partial charge is 0.335 e. The van der Waals surface area contributed by atoms with Crippen LogP contribution < -0.4 is 0 Å². The molecule has 0 bridgehead atoms. The Morgan fingerprint density at radius 3 is 2.10 bits per heavy atom. The van der Waals surface area contributed by atoms with Crippen LogP contribution in [-0.2, 0) is 23.8 Å². The predicted molar refractivity (Wildman–Crippen MR) is 180 cm³/mol. The summed E-state index contributed by atoms with van der Waals surface area (Å²) in [7, 11) is 0. The van der Waals surface area contributed by atoms with Gasteiger partial charge in [-0.2, -0.15) is 0 Å². The molecule has 5 aliphatic carbocycles. The van der Waals surface area contributed by atoms with Crippen LogP contribution in [0.2, 0.25) is 0 Å². The number of carboxylic acid groups (broad SMARTS) is 1. The first-order valence-electron chi connectivity index (χ1n) is 18.6. The molecule has 1 heterocycles. The second-order valence-corrected chi connectivity index (χ2v) is 18.6. The molecule has 0 amide bonds. The normalized spacial score (nSPS) is 53.4. The SMILES string of the molecule is CC(=O)OC1CC2(C)C(=CCC3C4(C)CCC(OC5OC(C(=O)O)C(O)C(O)C5O)C(C)(CO)C4CCC32C)C2CC(C)(C)C(O)C(O)C12CO. The fraction of sp³-hybridized carbons (Fsp3) is 0.895. The van der Waals surface area contributed by atoms with E-state index in [0.29, 0.717) is 38.5 Å². The van der Waals surface area contributed by atoms with E-state index in [1.165, 1.54) is 6.92 Å². The molecule has 17 atom stereocenters. The van der Waals surface area contributed by atoms with Gasteiger partial charge in [-0.25, -0.2) is 4.79 Å². The summed E-state index contributed by atoms with van der Waals surface area (Å²) in [5.41, 5.74) is -2.78. The zero-order valence-electron chi connectivity index (χ0n) is 31.0. The maximum absolute atomic E-state index is 12.6. The zero-order valence-corrected chi connectivity index (χ0v) is 31.0. The summed E-state index contributed by atoms with van der Waals surface area (Å²) in [5.74, 6) is -2.30. The molecule has 0 aromatic carbocycles. The number of aliphatic hydroxyl groups is 7. The van der Waals surface area contributed by atoms with E-state index < -0.39 is 95.3 Å². The number of carbonyl (C=O) groups excluding carboxylic acids is 1. The molecule has 17 unspecified atom stereocenters. The number of carbonyl (C=O) groups is 2. The number of hydrogen-bond acceptors (Lipinski definition) is 12. The lowest BCUT2D eigenvalue weighted by Gasteiger charge is -2.72. The monoisotopic (exact) mass is 724 g/mol. The minimum atomic E-state index is -1.84. The van der Waals surface area contributed by atoms with Crippen LogP contribution >= 0.6 is 0 Å². The van der Waals surface area contributed by atoms with E-state index in [0.717, 1.165) is 12.0 Å². The van der Waals surface area contributed by atoms with Gasteiger partial charge in [0.2, 0.25) is 0 Å². The first-order chi connectivity index (χ1) is 23.6. The van der Waals surface area contributed by atoms with Crippen molar-refractivity contribution in [3.8, 4) is 0 Å². The van der Waals surface area contributed by atoms with Crippen molar-refractivity contribution in [1.29, 1.82) is 0 Å². The van der Waals surface area contributed by atoms with Gasteiger partial charge >= 0.3 is 11.9 Å². The molecule has 6 aliphatic rings. The molecule has 5 fully saturated rings. The Kier molecular flexibility index (Phi) is 9.71. The van der Waals surface area contributed by atoms with E-state index in [1.807, 2.05) is 20.8 Å². The van der Waals surface area contributed by atoms with Gasteiger partial charge in [-0.15, -0.1) is 0 Å². The van der Waals surface area contributed by atoms with Crippen LogP contribution in [0.1, 0.15) is 93.4 Å². The van der Waals surface area contributed by atoms with Crippen molar-refractivity contribution in [2.75, 3.05) is 13.2 Å². The van der Waals surface area contributed by atoms with Crippen LogP contribution in [0.4, 0.5) is 0 Å². The third kappa shape index (κ3) is 5.27. The third-order valence-corrected chi connectivity index (χ3v) is 15.9. The van der Waals surface area contributed by atoms with Crippen molar-refractivity contribution in [3.63, 3.8) is 0 Å². The molecular formula is C38H60O13. The fourth-order valence-electron chi connectivity index (χ4n) is 12.8. The second kappa shape index (κ2) is 12.7. The second-order valence-electron chi connectivity index (χ2n) is 18.6. The molecule has 13 heteroatoms. The molecule has 0 aromatic heterocycles. The van der Waals surface area contributed by atoms with E-state index in [2.05, 4.69) is 26.8 Å². The summed E-state index contributed by atoms with van der Waals surface area (Å²) in [6.45, 7) is 13.3. The van der Waals surface area contributed by atoms with Crippen LogP contribution in [0.3, 0.4) is 0 Å². The van der Waals surface area contributed by atoms with Gasteiger partial charge < -0.3 is 55.1 Å². The molecule has 0 spiro atoms. The van der Waals surface area contributed by atoms with E-state index in [4.69, 9.17) is 14.2 Å². The lowest BCUT2D eigenvalue weighted by molar-refractivity contribution is -0.328. The molecule has 0 radical (unpaired) electrons. The minimum Gasteiger partial charge on any atom is -0.479 e. The first-order valence-corrected chi connectivity index (χ1v) is 18.6. The van der Waals surface area contributed by atoms with E-state index in [-0.39, 0.29) is 35.2 Å². The molecule has 6 rings (SSSR count). The Labute approximate surface area is 300 Å². The average molecular weight is 725 g/mol. The number of aliphatic carboxylic acids is 1. The summed E-state index contributed by atoms with van der Waals surface area (Å²) in [5, 5.41) is 86.2. The standard InChI is InChI=1S/C38H60O13/c1-18(41)49-24-15-37(7)19(20-14-33(2,3)29(45)30(46)38(20,24)17-40)8-9-22-34(4)12-11-23(35(5,16-39)21(34)10-13-36(22,37)6)50-32-27(44)25(42)26(43)28(51-32)31(47)48/h8,20-30,32,39-40,42-46H,9-17H2,1-7H3,(H,47,48). The van der Waals surface area contributed by atoms with Crippen molar-refractivity contribution in [2.24, 2.45) is 50.2 Å². The van der Waals surface area contributed by atoms with Gasteiger partial charge in [0.15, 0.2) is 12.4 Å².